The van der Waals surface area contributed by atoms with Gasteiger partial charge >= 0.3 is 0 Å². The molecule has 4 rings (SSSR count). The summed E-state index contributed by atoms with van der Waals surface area (Å²) in [5, 5.41) is 16.1. The van der Waals surface area contributed by atoms with Crippen molar-refractivity contribution in [2.75, 3.05) is 0 Å². The molecule has 2 aromatic rings. The highest BCUT2D eigenvalue weighted by molar-refractivity contribution is 7.80. The van der Waals surface area contributed by atoms with Crippen LogP contribution in [0.4, 0.5) is 0 Å². The standard InChI is InChI=1S/C23H21N3OS/c24-15-19-20(25-22(28)26-21(27)16-8-2-1-3-9-16)18-11-5-4-10-17(18)14-23(19)12-6-7-13-23/h1-5,8-11H,6-7,12-14H2,(H2,25,26,27,28). The first-order valence-corrected chi connectivity index (χ1v) is 9.94. The van der Waals surface area contributed by atoms with Crippen molar-refractivity contribution in [3.8, 4) is 6.07 Å². The second-order valence-corrected chi connectivity index (χ2v) is 7.87. The molecular weight excluding hydrogens is 366 g/mol. The van der Waals surface area contributed by atoms with E-state index in [1.807, 2.05) is 36.4 Å². The van der Waals surface area contributed by atoms with E-state index in [1.165, 1.54) is 5.56 Å². The summed E-state index contributed by atoms with van der Waals surface area (Å²) in [5.41, 5.74) is 4.14. The van der Waals surface area contributed by atoms with Crippen LogP contribution in [-0.4, -0.2) is 11.0 Å². The van der Waals surface area contributed by atoms with Crippen molar-refractivity contribution in [1.82, 2.24) is 10.6 Å². The van der Waals surface area contributed by atoms with E-state index < -0.39 is 0 Å². The Morgan fingerprint density at radius 3 is 2.43 bits per heavy atom. The summed E-state index contributed by atoms with van der Waals surface area (Å²) in [6.45, 7) is 0. The molecule has 1 saturated carbocycles. The van der Waals surface area contributed by atoms with Crippen LogP contribution >= 0.6 is 12.2 Å². The zero-order valence-electron chi connectivity index (χ0n) is 15.5. The van der Waals surface area contributed by atoms with Crippen LogP contribution < -0.4 is 10.6 Å². The lowest BCUT2D eigenvalue weighted by Gasteiger charge is -2.36. The van der Waals surface area contributed by atoms with Crippen molar-refractivity contribution in [1.29, 1.82) is 5.26 Å². The second kappa shape index (κ2) is 7.57. The first-order chi connectivity index (χ1) is 13.6. The number of nitrogens with one attached hydrogen (secondary N) is 2. The molecule has 0 atom stereocenters. The third-order valence-electron chi connectivity index (χ3n) is 5.77. The third kappa shape index (κ3) is 3.32. The Labute approximate surface area is 170 Å². The Kier molecular flexibility index (Phi) is 4.97. The molecule has 1 fully saturated rings. The Balaban J connectivity index is 1.65. The lowest BCUT2D eigenvalue weighted by atomic mass is 9.68. The van der Waals surface area contributed by atoms with Crippen LogP contribution in [0.5, 0.6) is 0 Å². The molecule has 2 aromatic carbocycles. The number of allylic oxidation sites excluding steroid dienone is 1. The number of carbonyl (C=O) groups is 1. The van der Waals surface area contributed by atoms with E-state index >= 15 is 0 Å². The average molecular weight is 388 g/mol. The number of carbonyl (C=O) groups excluding carboxylic acids is 1. The highest BCUT2D eigenvalue weighted by Crippen LogP contribution is 2.51. The molecular formula is C23H21N3OS. The number of fused-ring (bicyclic) bond motifs is 1. The van der Waals surface area contributed by atoms with E-state index in [-0.39, 0.29) is 16.4 Å². The first-order valence-electron chi connectivity index (χ1n) is 9.53. The Morgan fingerprint density at radius 1 is 1.04 bits per heavy atom. The van der Waals surface area contributed by atoms with Crippen molar-refractivity contribution < 1.29 is 4.79 Å². The van der Waals surface area contributed by atoms with Crippen LogP contribution in [0.2, 0.25) is 0 Å². The maximum atomic E-state index is 12.4. The molecule has 140 valence electrons. The van der Waals surface area contributed by atoms with Gasteiger partial charge in [0.05, 0.1) is 17.3 Å². The number of hydrogen-bond donors (Lipinski definition) is 2. The lowest BCUT2D eigenvalue weighted by molar-refractivity contribution is 0.0977. The molecule has 0 bridgehead atoms. The number of rotatable bonds is 2. The number of thiocarbonyl (C=S) groups is 1. The van der Waals surface area contributed by atoms with Gasteiger partial charge in [-0.3, -0.25) is 10.1 Å². The number of nitriles is 1. The van der Waals surface area contributed by atoms with E-state index in [4.69, 9.17) is 12.2 Å². The predicted octanol–water partition coefficient (Wildman–Crippen LogP) is 4.34. The molecule has 1 spiro atoms. The fourth-order valence-electron chi connectivity index (χ4n) is 4.46. The van der Waals surface area contributed by atoms with Crippen LogP contribution in [0.3, 0.4) is 0 Å². The van der Waals surface area contributed by atoms with Gasteiger partial charge in [0.15, 0.2) is 5.11 Å². The van der Waals surface area contributed by atoms with E-state index in [0.29, 0.717) is 5.56 Å². The molecule has 4 nitrogen and oxygen atoms in total. The van der Waals surface area contributed by atoms with Crippen LogP contribution in [-0.2, 0) is 6.42 Å². The highest BCUT2D eigenvalue weighted by atomic mass is 32.1. The molecule has 0 radical (unpaired) electrons. The summed E-state index contributed by atoms with van der Waals surface area (Å²) in [7, 11) is 0. The summed E-state index contributed by atoms with van der Waals surface area (Å²) in [6, 6.07) is 19.5. The van der Waals surface area contributed by atoms with Crippen molar-refractivity contribution in [2.24, 2.45) is 5.41 Å². The molecule has 5 heteroatoms. The maximum absolute atomic E-state index is 12.4. The quantitative estimate of drug-likeness (QED) is 0.752. The minimum atomic E-state index is -0.267. The normalized spacial score (nSPS) is 17.0. The second-order valence-electron chi connectivity index (χ2n) is 7.46. The van der Waals surface area contributed by atoms with Gasteiger partial charge in [-0.2, -0.15) is 5.26 Å². The van der Waals surface area contributed by atoms with Gasteiger partial charge in [-0.15, -0.1) is 0 Å². The lowest BCUT2D eigenvalue weighted by Crippen LogP contribution is -2.41. The number of nitrogens with zero attached hydrogens (tertiary/aromatic N) is 1. The van der Waals surface area contributed by atoms with Gasteiger partial charge in [0, 0.05) is 16.5 Å². The van der Waals surface area contributed by atoms with Gasteiger partial charge in [-0.05, 0) is 49.2 Å². The third-order valence-corrected chi connectivity index (χ3v) is 5.97. The minimum absolute atomic E-state index is 0.121. The fourth-order valence-corrected chi connectivity index (χ4v) is 4.66. The van der Waals surface area contributed by atoms with Gasteiger partial charge in [0.1, 0.15) is 0 Å². The smallest absolute Gasteiger partial charge is 0.257 e. The SMILES string of the molecule is N#CC1=C(NC(=S)NC(=O)c2ccccc2)c2ccccc2CC12CCCC2. The van der Waals surface area contributed by atoms with E-state index in [0.717, 1.165) is 48.9 Å². The molecule has 0 saturated heterocycles. The van der Waals surface area contributed by atoms with Crippen LogP contribution in [0.25, 0.3) is 5.70 Å². The topological polar surface area (TPSA) is 64.9 Å². The molecule has 0 aromatic heterocycles. The largest absolute Gasteiger partial charge is 0.331 e. The number of benzene rings is 2. The average Bonchev–Trinajstić information content (AvgIpc) is 3.17. The number of amides is 1. The highest BCUT2D eigenvalue weighted by Gasteiger charge is 2.43. The van der Waals surface area contributed by atoms with Crippen molar-refractivity contribution in [3.05, 3.63) is 76.9 Å². The summed E-state index contributed by atoms with van der Waals surface area (Å²) in [4.78, 5) is 12.4. The van der Waals surface area contributed by atoms with Crippen molar-refractivity contribution >= 4 is 28.9 Å². The molecule has 2 aliphatic rings. The molecule has 2 aliphatic carbocycles. The fraction of sp³-hybridized carbons (Fsp3) is 0.261. The first kappa shape index (κ1) is 18.4. The van der Waals surface area contributed by atoms with E-state index in [2.05, 4.69) is 22.8 Å². The van der Waals surface area contributed by atoms with Gasteiger partial charge in [-0.25, -0.2) is 0 Å². The molecule has 1 amide bonds. The number of hydrogen-bond acceptors (Lipinski definition) is 3. The Hall–Kier alpha value is -2.97. The van der Waals surface area contributed by atoms with Gasteiger partial charge < -0.3 is 5.32 Å². The Bertz CT molecular complexity index is 998. The molecule has 0 aliphatic heterocycles. The summed E-state index contributed by atoms with van der Waals surface area (Å²) in [5.74, 6) is -0.267. The van der Waals surface area contributed by atoms with E-state index in [1.54, 1.807) is 12.1 Å². The van der Waals surface area contributed by atoms with E-state index in [9.17, 15) is 10.1 Å². The van der Waals surface area contributed by atoms with Crippen molar-refractivity contribution in [2.45, 2.75) is 32.1 Å². The molecule has 2 N–H and O–H groups in total. The van der Waals surface area contributed by atoms with Gasteiger partial charge in [-0.1, -0.05) is 55.3 Å². The molecule has 28 heavy (non-hydrogen) atoms. The maximum Gasteiger partial charge on any atom is 0.257 e. The minimum Gasteiger partial charge on any atom is -0.331 e. The molecule has 0 unspecified atom stereocenters. The summed E-state index contributed by atoms with van der Waals surface area (Å²) in [6.07, 6.45) is 5.18. The molecule has 0 heterocycles. The zero-order valence-corrected chi connectivity index (χ0v) is 16.3. The van der Waals surface area contributed by atoms with Crippen LogP contribution in [0, 0.1) is 16.7 Å². The van der Waals surface area contributed by atoms with Crippen molar-refractivity contribution in [3.63, 3.8) is 0 Å². The van der Waals surface area contributed by atoms with Crippen LogP contribution in [0.1, 0.15) is 47.2 Å². The zero-order chi connectivity index (χ0) is 19.6. The van der Waals surface area contributed by atoms with Crippen LogP contribution in [0.15, 0.2) is 60.2 Å². The predicted molar refractivity (Wildman–Crippen MR) is 113 cm³/mol. The Morgan fingerprint density at radius 2 is 1.71 bits per heavy atom. The van der Waals surface area contributed by atoms with Gasteiger partial charge in [0.2, 0.25) is 0 Å². The summed E-state index contributed by atoms with van der Waals surface area (Å²) >= 11 is 5.42. The van der Waals surface area contributed by atoms with Gasteiger partial charge in [0.25, 0.3) is 5.91 Å². The summed E-state index contributed by atoms with van der Waals surface area (Å²) < 4.78 is 0. The monoisotopic (exact) mass is 387 g/mol.